The molecule has 0 aromatic heterocycles. The number of ether oxygens (including phenoxy) is 3. The van der Waals surface area contributed by atoms with Gasteiger partial charge in [-0.15, -0.1) is 0 Å². The van der Waals surface area contributed by atoms with Gasteiger partial charge in [0.15, 0.2) is 14.6 Å². The van der Waals surface area contributed by atoms with Gasteiger partial charge in [0, 0.05) is 5.56 Å². The first-order valence-electron chi connectivity index (χ1n) is 15.7. The number of rotatable bonds is 7. The zero-order chi connectivity index (χ0) is 32.0. The lowest BCUT2D eigenvalue weighted by atomic mass is 9.90. The topological polar surface area (TPSA) is 83.1 Å². The maximum absolute atomic E-state index is 13.5. The fraction of sp³-hybridized carbons (Fsp3) is 0.500. The SMILES string of the molecule is C/C(=C\COC(=O)c1ccccc1)[C@@H]1C/C=C/[C@@H]2O[C@H](c3ccccc3)O[C@]2(C)CCC(O[Si](C)(C)C(C)(C)C)CC(=O)N1. The molecular weight excluding hydrogens is 570 g/mol. The Kier molecular flexibility index (Phi) is 11.1. The van der Waals surface area contributed by atoms with Crippen LogP contribution in [0.4, 0.5) is 0 Å². The van der Waals surface area contributed by atoms with E-state index in [0.29, 0.717) is 24.8 Å². The van der Waals surface area contributed by atoms with E-state index in [0.717, 1.165) is 11.1 Å². The van der Waals surface area contributed by atoms with E-state index in [1.807, 2.05) is 49.4 Å². The van der Waals surface area contributed by atoms with Crippen LogP contribution in [0, 0.1) is 0 Å². The van der Waals surface area contributed by atoms with Crippen molar-refractivity contribution >= 4 is 20.2 Å². The first-order chi connectivity index (χ1) is 20.8. The number of benzene rings is 2. The number of amides is 1. The van der Waals surface area contributed by atoms with Gasteiger partial charge in [-0.05, 0) is 69.5 Å². The van der Waals surface area contributed by atoms with Crippen LogP contribution in [0.2, 0.25) is 18.1 Å². The predicted molar refractivity (Wildman–Crippen MR) is 176 cm³/mol. The second kappa shape index (κ2) is 14.4. The molecule has 1 N–H and O–H groups in total. The van der Waals surface area contributed by atoms with Crippen LogP contribution in [-0.2, 0) is 23.4 Å². The van der Waals surface area contributed by atoms with Crippen LogP contribution in [0.15, 0.2) is 84.5 Å². The van der Waals surface area contributed by atoms with E-state index in [9.17, 15) is 9.59 Å². The molecule has 1 saturated heterocycles. The maximum Gasteiger partial charge on any atom is 0.338 e. The van der Waals surface area contributed by atoms with Gasteiger partial charge in [0.25, 0.3) is 0 Å². The van der Waals surface area contributed by atoms with E-state index < -0.39 is 20.2 Å². The molecule has 8 heteroatoms. The quantitative estimate of drug-likeness (QED) is 0.195. The summed E-state index contributed by atoms with van der Waals surface area (Å²) in [5.74, 6) is -0.442. The van der Waals surface area contributed by atoms with E-state index in [4.69, 9.17) is 18.6 Å². The summed E-state index contributed by atoms with van der Waals surface area (Å²) < 4.78 is 25.4. The highest BCUT2D eigenvalue weighted by Crippen LogP contribution is 2.43. The lowest BCUT2D eigenvalue weighted by molar-refractivity contribution is -0.123. The largest absolute Gasteiger partial charge is 0.458 e. The molecule has 7 nitrogen and oxygen atoms in total. The number of nitrogens with one attached hydrogen (secondary N) is 1. The maximum atomic E-state index is 13.5. The molecular formula is C36H49NO6Si. The Bertz CT molecular complexity index is 1320. The van der Waals surface area contributed by atoms with Crippen molar-refractivity contribution in [2.45, 2.75) is 109 Å². The number of carbonyl (C=O) groups excluding carboxylic acids is 2. The van der Waals surface area contributed by atoms with Gasteiger partial charge in [0.05, 0.1) is 29.7 Å². The second-order valence-electron chi connectivity index (χ2n) is 13.7. The van der Waals surface area contributed by atoms with Crippen molar-refractivity contribution in [3.05, 3.63) is 95.6 Å². The van der Waals surface area contributed by atoms with Crippen molar-refractivity contribution in [2.24, 2.45) is 0 Å². The molecule has 1 unspecified atom stereocenters. The molecule has 1 amide bonds. The van der Waals surface area contributed by atoms with Gasteiger partial charge < -0.3 is 24.0 Å². The summed E-state index contributed by atoms with van der Waals surface area (Å²) in [6.07, 6.45) is 7.15. The normalized spacial score (nSPS) is 27.8. The zero-order valence-electron chi connectivity index (χ0n) is 27.3. The summed E-state index contributed by atoms with van der Waals surface area (Å²) in [5, 5.41) is 3.23. The Balaban J connectivity index is 1.56. The van der Waals surface area contributed by atoms with Crippen LogP contribution in [-0.4, -0.2) is 50.7 Å². The van der Waals surface area contributed by atoms with Crippen LogP contribution in [0.1, 0.15) is 82.5 Å². The number of esters is 1. The summed E-state index contributed by atoms with van der Waals surface area (Å²) in [6.45, 7) is 15.3. The summed E-state index contributed by atoms with van der Waals surface area (Å²) in [5.41, 5.74) is 1.81. The molecule has 4 rings (SSSR count). The van der Waals surface area contributed by atoms with Gasteiger partial charge in [0.2, 0.25) is 5.91 Å². The molecule has 0 radical (unpaired) electrons. The second-order valence-corrected chi connectivity index (χ2v) is 18.4. The molecule has 44 heavy (non-hydrogen) atoms. The molecule has 1 fully saturated rings. The number of hydrogen-bond donors (Lipinski definition) is 1. The van der Waals surface area contributed by atoms with Crippen molar-refractivity contribution < 1.29 is 28.2 Å². The Hall–Kier alpha value is -3.04. The highest BCUT2D eigenvalue weighted by molar-refractivity contribution is 6.74. The number of carbonyl (C=O) groups is 2. The standard InChI is InChI=1S/C36H49NO6Si/c1-26(22-24-40-33(39)27-15-10-8-11-16-27)30-19-14-20-31-36(5,42-34(41-31)28-17-12-9-13-18-28)23-21-29(25-32(38)37-30)43-44(6,7)35(2,3)4/h8-18,20,22,29-31,34H,19,21,23-25H2,1-7H3,(H,37,38)/b20-14+,26-22+/t29?,30-,31-,34-,36+/m0/s1. The molecule has 0 saturated carbocycles. The van der Waals surface area contributed by atoms with Gasteiger partial charge in [-0.2, -0.15) is 0 Å². The predicted octanol–water partition coefficient (Wildman–Crippen LogP) is 7.67. The lowest BCUT2D eigenvalue weighted by Crippen LogP contribution is -2.47. The van der Waals surface area contributed by atoms with Crippen molar-refractivity contribution in [1.82, 2.24) is 5.32 Å². The molecule has 0 bridgehead atoms. The third-order valence-electron chi connectivity index (χ3n) is 9.16. The Morgan fingerprint density at radius 1 is 1.09 bits per heavy atom. The fourth-order valence-corrected chi connectivity index (χ4v) is 6.66. The van der Waals surface area contributed by atoms with E-state index in [-0.39, 0.29) is 48.2 Å². The molecule has 2 heterocycles. The van der Waals surface area contributed by atoms with Crippen LogP contribution in [0.25, 0.3) is 0 Å². The van der Waals surface area contributed by atoms with Crippen molar-refractivity contribution in [3.63, 3.8) is 0 Å². The summed E-state index contributed by atoms with van der Waals surface area (Å²) in [6, 6.07) is 18.6. The molecule has 2 aliphatic rings. The zero-order valence-corrected chi connectivity index (χ0v) is 28.3. The van der Waals surface area contributed by atoms with E-state index in [1.54, 1.807) is 24.3 Å². The van der Waals surface area contributed by atoms with Crippen molar-refractivity contribution in [3.8, 4) is 0 Å². The van der Waals surface area contributed by atoms with Gasteiger partial charge in [0.1, 0.15) is 12.7 Å². The van der Waals surface area contributed by atoms with Crippen LogP contribution in [0.5, 0.6) is 0 Å². The molecule has 0 spiro atoms. The minimum absolute atomic E-state index is 0.00670. The Labute approximate surface area is 264 Å². The molecule has 2 aromatic carbocycles. The highest BCUT2D eigenvalue weighted by Gasteiger charge is 2.46. The van der Waals surface area contributed by atoms with E-state index >= 15 is 0 Å². The fourth-order valence-electron chi connectivity index (χ4n) is 5.27. The van der Waals surface area contributed by atoms with Gasteiger partial charge in [-0.1, -0.05) is 87.0 Å². The van der Waals surface area contributed by atoms with Crippen molar-refractivity contribution in [1.29, 1.82) is 0 Å². The molecule has 5 atom stereocenters. The number of hydrogen-bond acceptors (Lipinski definition) is 6. The van der Waals surface area contributed by atoms with Crippen LogP contribution in [0.3, 0.4) is 0 Å². The average Bonchev–Trinajstić information content (AvgIpc) is 3.31. The van der Waals surface area contributed by atoms with Crippen LogP contribution >= 0.6 is 0 Å². The van der Waals surface area contributed by atoms with Gasteiger partial charge >= 0.3 is 5.97 Å². The van der Waals surface area contributed by atoms with E-state index in [2.05, 4.69) is 58.3 Å². The Morgan fingerprint density at radius 2 is 1.75 bits per heavy atom. The summed E-state index contributed by atoms with van der Waals surface area (Å²) in [7, 11) is -2.16. The monoisotopic (exact) mass is 619 g/mol. The molecule has 2 aromatic rings. The highest BCUT2D eigenvalue weighted by atomic mass is 28.4. The van der Waals surface area contributed by atoms with Crippen LogP contribution < -0.4 is 5.32 Å². The molecule has 238 valence electrons. The molecule has 0 aliphatic carbocycles. The summed E-state index contributed by atoms with van der Waals surface area (Å²) >= 11 is 0. The molecule has 2 aliphatic heterocycles. The average molecular weight is 620 g/mol. The minimum atomic E-state index is -2.16. The first kappa shape index (κ1) is 33.8. The van der Waals surface area contributed by atoms with E-state index in [1.165, 1.54) is 0 Å². The third kappa shape index (κ3) is 8.78. The first-order valence-corrected chi connectivity index (χ1v) is 18.6. The third-order valence-corrected chi connectivity index (χ3v) is 13.7. The smallest absolute Gasteiger partial charge is 0.338 e. The number of fused-ring (bicyclic) bond motifs is 1. The van der Waals surface area contributed by atoms with Crippen molar-refractivity contribution in [2.75, 3.05) is 6.61 Å². The Morgan fingerprint density at radius 3 is 2.41 bits per heavy atom. The summed E-state index contributed by atoms with van der Waals surface area (Å²) in [4.78, 5) is 25.9. The lowest BCUT2D eigenvalue weighted by Gasteiger charge is -2.40. The van der Waals surface area contributed by atoms with Gasteiger partial charge in [-0.25, -0.2) is 4.79 Å². The minimum Gasteiger partial charge on any atom is -0.458 e. The van der Waals surface area contributed by atoms with Gasteiger partial charge in [-0.3, -0.25) is 4.79 Å².